The number of rotatable bonds is 6. The molecule has 0 aromatic heterocycles. The van der Waals surface area contributed by atoms with Crippen molar-refractivity contribution < 1.29 is 14.3 Å². The molecule has 0 radical (unpaired) electrons. The Bertz CT molecular complexity index is 768. The molecule has 0 bridgehead atoms. The van der Waals surface area contributed by atoms with Gasteiger partial charge in [0.2, 0.25) is 0 Å². The van der Waals surface area contributed by atoms with Crippen LogP contribution < -0.4 is 16.4 Å². The molecule has 2 aromatic rings. The fraction of sp³-hybridized carbons (Fsp3) is 0.300. The van der Waals surface area contributed by atoms with Crippen LogP contribution in [0, 0.1) is 0 Å². The summed E-state index contributed by atoms with van der Waals surface area (Å²) in [5.41, 5.74) is 8.73. The van der Waals surface area contributed by atoms with Gasteiger partial charge in [0.05, 0.1) is 0 Å². The molecular weight excluding hydrogens is 330 g/mol. The van der Waals surface area contributed by atoms with Crippen LogP contribution in [0.5, 0.6) is 0 Å². The van der Waals surface area contributed by atoms with Gasteiger partial charge in [0, 0.05) is 30.9 Å². The maximum absolute atomic E-state index is 12.2. The highest BCUT2D eigenvalue weighted by atomic mass is 16.5. The molecule has 0 saturated carbocycles. The molecule has 1 unspecified atom stereocenters. The summed E-state index contributed by atoms with van der Waals surface area (Å²) in [5.74, 6) is -0.272. The fourth-order valence-corrected chi connectivity index (χ4v) is 2.84. The van der Waals surface area contributed by atoms with Gasteiger partial charge in [-0.25, -0.2) is 0 Å². The number of hydrogen-bond donors (Lipinski definition) is 3. The summed E-state index contributed by atoms with van der Waals surface area (Å²) in [6, 6.07) is 14.6. The van der Waals surface area contributed by atoms with Gasteiger partial charge in [-0.2, -0.15) is 0 Å². The number of carbonyl (C=O) groups excluding carboxylic acids is 2. The van der Waals surface area contributed by atoms with E-state index in [0.29, 0.717) is 30.9 Å². The van der Waals surface area contributed by atoms with Crippen LogP contribution in [0.2, 0.25) is 0 Å². The first-order valence-electron chi connectivity index (χ1n) is 8.74. The minimum atomic E-state index is -0.366. The van der Waals surface area contributed by atoms with Gasteiger partial charge < -0.3 is 21.1 Å². The van der Waals surface area contributed by atoms with Gasteiger partial charge in [0.15, 0.2) is 0 Å². The predicted molar refractivity (Wildman–Crippen MR) is 99.5 cm³/mol. The van der Waals surface area contributed by atoms with Crippen molar-refractivity contribution in [2.45, 2.75) is 32.0 Å². The minimum absolute atomic E-state index is 0.122. The van der Waals surface area contributed by atoms with Gasteiger partial charge in [-0.05, 0) is 48.2 Å². The summed E-state index contributed by atoms with van der Waals surface area (Å²) in [6.07, 6.45) is 1.30. The molecule has 0 spiro atoms. The largest absolute Gasteiger partial charge is 0.368 e. The minimum Gasteiger partial charge on any atom is -0.368 e. The number of hydrogen-bond acceptors (Lipinski definition) is 4. The van der Waals surface area contributed by atoms with Crippen LogP contribution in [0.15, 0.2) is 48.5 Å². The summed E-state index contributed by atoms with van der Waals surface area (Å²) < 4.78 is 5.38. The second-order valence-electron chi connectivity index (χ2n) is 6.28. The van der Waals surface area contributed by atoms with Crippen molar-refractivity contribution in [3.63, 3.8) is 0 Å². The Morgan fingerprint density at radius 2 is 1.92 bits per heavy atom. The van der Waals surface area contributed by atoms with Gasteiger partial charge in [-0.15, -0.1) is 0 Å². The molecule has 26 heavy (non-hydrogen) atoms. The van der Waals surface area contributed by atoms with Gasteiger partial charge in [0.25, 0.3) is 11.8 Å². The Kier molecular flexibility index (Phi) is 5.99. The molecule has 1 heterocycles. The molecule has 0 aliphatic carbocycles. The van der Waals surface area contributed by atoms with E-state index in [2.05, 4.69) is 10.6 Å². The average Bonchev–Trinajstić information content (AvgIpc) is 3.21. The topological polar surface area (TPSA) is 93.5 Å². The molecular formula is C20H23N3O3. The number of benzene rings is 2. The lowest BCUT2D eigenvalue weighted by atomic mass is 10.1. The van der Waals surface area contributed by atoms with Crippen LogP contribution in [0.4, 0.5) is 5.69 Å². The zero-order valence-electron chi connectivity index (χ0n) is 14.5. The van der Waals surface area contributed by atoms with E-state index < -0.39 is 0 Å². The van der Waals surface area contributed by atoms with Crippen LogP contribution in [0.1, 0.15) is 34.3 Å². The van der Waals surface area contributed by atoms with Crippen LogP contribution in [0.3, 0.4) is 0 Å². The Labute approximate surface area is 152 Å². The van der Waals surface area contributed by atoms with E-state index in [-0.39, 0.29) is 17.9 Å². The molecule has 2 amide bonds. The van der Waals surface area contributed by atoms with Gasteiger partial charge in [-0.1, -0.05) is 24.3 Å². The normalized spacial score (nSPS) is 16.3. The molecule has 4 N–H and O–H groups in total. The van der Waals surface area contributed by atoms with Crippen molar-refractivity contribution >= 4 is 17.5 Å². The highest BCUT2D eigenvalue weighted by Crippen LogP contribution is 2.16. The molecule has 1 aliphatic rings. The number of anilines is 1. The van der Waals surface area contributed by atoms with Gasteiger partial charge >= 0.3 is 0 Å². The van der Waals surface area contributed by atoms with E-state index in [9.17, 15) is 9.59 Å². The summed E-state index contributed by atoms with van der Waals surface area (Å²) in [4.78, 5) is 24.3. The lowest BCUT2D eigenvalue weighted by Gasteiger charge is -2.12. The predicted octanol–water partition coefficient (Wildman–Crippen LogP) is 2.19. The molecule has 6 heteroatoms. The SMILES string of the molecule is NCc1ccc(C(=O)NCc2cccc(NC(=O)C3CCCO3)c2)cc1. The highest BCUT2D eigenvalue weighted by molar-refractivity contribution is 5.95. The lowest BCUT2D eigenvalue weighted by Crippen LogP contribution is -2.27. The lowest BCUT2D eigenvalue weighted by molar-refractivity contribution is -0.124. The molecule has 136 valence electrons. The van der Waals surface area contributed by atoms with Crippen molar-refractivity contribution in [2.24, 2.45) is 5.73 Å². The standard InChI is InChI=1S/C20H23N3O3/c21-12-14-6-8-16(9-7-14)19(24)22-13-15-3-1-4-17(11-15)23-20(25)18-5-2-10-26-18/h1,3-4,6-9,11,18H,2,5,10,12-13,21H2,(H,22,24)(H,23,25). The van der Waals surface area contributed by atoms with E-state index in [1.54, 1.807) is 12.1 Å². The number of nitrogens with one attached hydrogen (secondary N) is 2. The maximum atomic E-state index is 12.2. The molecule has 3 rings (SSSR count). The second-order valence-corrected chi connectivity index (χ2v) is 6.28. The fourth-order valence-electron chi connectivity index (χ4n) is 2.84. The highest BCUT2D eigenvalue weighted by Gasteiger charge is 2.23. The first-order chi connectivity index (χ1) is 12.7. The number of amides is 2. The van der Waals surface area contributed by atoms with Gasteiger partial charge in [0.1, 0.15) is 6.10 Å². The van der Waals surface area contributed by atoms with Crippen molar-refractivity contribution in [1.82, 2.24) is 5.32 Å². The Morgan fingerprint density at radius 1 is 1.12 bits per heavy atom. The van der Waals surface area contributed by atoms with E-state index >= 15 is 0 Å². The molecule has 1 saturated heterocycles. The van der Waals surface area contributed by atoms with Crippen molar-refractivity contribution in [1.29, 1.82) is 0 Å². The van der Waals surface area contributed by atoms with Crippen molar-refractivity contribution in [3.8, 4) is 0 Å². The third-order valence-corrected chi connectivity index (χ3v) is 4.32. The summed E-state index contributed by atoms with van der Waals surface area (Å²) in [7, 11) is 0. The van der Waals surface area contributed by atoms with Crippen molar-refractivity contribution in [3.05, 3.63) is 65.2 Å². The Hall–Kier alpha value is -2.70. The zero-order chi connectivity index (χ0) is 18.4. The zero-order valence-corrected chi connectivity index (χ0v) is 14.5. The van der Waals surface area contributed by atoms with E-state index in [0.717, 1.165) is 24.0 Å². The third kappa shape index (κ3) is 4.68. The van der Waals surface area contributed by atoms with Crippen LogP contribution in [-0.4, -0.2) is 24.5 Å². The van der Waals surface area contributed by atoms with Crippen LogP contribution in [0.25, 0.3) is 0 Å². The summed E-state index contributed by atoms with van der Waals surface area (Å²) in [5, 5.41) is 5.75. The van der Waals surface area contributed by atoms with Crippen molar-refractivity contribution in [2.75, 3.05) is 11.9 Å². The Morgan fingerprint density at radius 3 is 2.62 bits per heavy atom. The number of ether oxygens (including phenoxy) is 1. The molecule has 6 nitrogen and oxygen atoms in total. The Balaban J connectivity index is 1.56. The maximum Gasteiger partial charge on any atom is 0.253 e. The molecule has 2 aromatic carbocycles. The first kappa shape index (κ1) is 18.1. The smallest absolute Gasteiger partial charge is 0.253 e. The van der Waals surface area contributed by atoms with Gasteiger partial charge in [-0.3, -0.25) is 9.59 Å². The number of nitrogens with two attached hydrogens (primary N) is 1. The summed E-state index contributed by atoms with van der Waals surface area (Å²) >= 11 is 0. The van der Waals surface area contributed by atoms with E-state index in [1.165, 1.54) is 0 Å². The van der Waals surface area contributed by atoms with E-state index in [1.807, 2.05) is 36.4 Å². The van der Waals surface area contributed by atoms with E-state index in [4.69, 9.17) is 10.5 Å². The monoisotopic (exact) mass is 353 g/mol. The molecule has 1 fully saturated rings. The number of carbonyl (C=O) groups is 2. The van der Waals surface area contributed by atoms with Crippen LogP contribution >= 0.6 is 0 Å². The summed E-state index contributed by atoms with van der Waals surface area (Å²) in [6.45, 7) is 1.46. The molecule has 1 atom stereocenters. The molecule has 1 aliphatic heterocycles. The van der Waals surface area contributed by atoms with Crippen LogP contribution in [-0.2, 0) is 22.6 Å². The third-order valence-electron chi connectivity index (χ3n) is 4.32. The first-order valence-corrected chi connectivity index (χ1v) is 8.74. The second kappa shape index (κ2) is 8.60. The average molecular weight is 353 g/mol. The quantitative estimate of drug-likeness (QED) is 0.742.